The lowest BCUT2D eigenvalue weighted by Gasteiger charge is -2.42. The number of carbonyl (C=O) groups is 1. The average Bonchev–Trinajstić information content (AvgIpc) is 2.34. The quantitative estimate of drug-likeness (QED) is 0.702. The largest absolute Gasteiger partial charge is 0.368 e. The van der Waals surface area contributed by atoms with E-state index < -0.39 is 0 Å². The molecule has 1 heterocycles. The predicted molar refractivity (Wildman–Crippen MR) is 87.5 cm³/mol. The first kappa shape index (κ1) is 16.0. The zero-order valence-electron chi connectivity index (χ0n) is 12.0. The summed E-state index contributed by atoms with van der Waals surface area (Å²) in [5.41, 5.74) is 1.49. The van der Waals surface area contributed by atoms with Crippen LogP contribution < -0.4 is 0 Å². The monoisotopic (exact) mass is 403 g/mol. The van der Waals surface area contributed by atoms with Crippen LogP contribution in [0.2, 0.25) is 0 Å². The van der Waals surface area contributed by atoms with E-state index in [1.54, 1.807) is 0 Å². The van der Waals surface area contributed by atoms with Gasteiger partial charge in [0.1, 0.15) is 0 Å². The second kappa shape index (κ2) is 6.16. The summed E-state index contributed by atoms with van der Waals surface area (Å²) in [7, 11) is 0. The summed E-state index contributed by atoms with van der Waals surface area (Å²) < 4.78 is 6.87. The Morgan fingerprint density at radius 2 is 2.15 bits per heavy atom. The molecule has 110 valence electrons. The summed E-state index contributed by atoms with van der Waals surface area (Å²) in [6.45, 7) is 7.27. The molecular weight excluding hydrogens is 386 g/mol. The smallest absolute Gasteiger partial charge is 0.254 e. The maximum atomic E-state index is 12.7. The van der Waals surface area contributed by atoms with Crippen LogP contribution in [0, 0.1) is 6.92 Å². The normalized spacial score (nSPS) is 21.9. The summed E-state index contributed by atoms with van der Waals surface area (Å²) in [4.78, 5) is 14.6. The fourth-order valence-electron chi connectivity index (χ4n) is 2.57. The summed E-state index contributed by atoms with van der Waals surface area (Å²) in [6.07, 6.45) is 0.0379. The van der Waals surface area contributed by atoms with E-state index in [9.17, 15) is 4.79 Å². The van der Waals surface area contributed by atoms with Crippen molar-refractivity contribution in [2.75, 3.05) is 18.4 Å². The molecule has 1 aromatic carbocycles. The molecule has 5 heteroatoms. The molecule has 0 N–H and O–H groups in total. The Kier molecular flexibility index (Phi) is 4.92. The molecule has 2 rings (SSSR count). The zero-order valence-corrected chi connectivity index (χ0v) is 15.1. The molecule has 1 aromatic rings. The van der Waals surface area contributed by atoms with Crippen molar-refractivity contribution in [3.8, 4) is 0 Å². The van der Waals surface area contributed by atoms with Gasteiger partial charge in [-0.25, -0.2) is 0 Å². The highest BCUT2D eigenvalue weighted by Crippen LogP contribution is 2.24. The Balaban J connectivity index is 2.23. The summed E-state index contributed by atoms with van der Waals surface area (Å²) in [6, 6.07) is 5.81. The van der Waals surface area contributed by atoms with Crippen molar-refractivity contribution in [1.29, 1.82) is 0 Å². The van der Waals surface area contributed by atoms with Gasteiger partial charge in [-0.1, -0.05) is 31.9 Å². The topological polar surface area (TPSA) is 29.5 Å². The summed E-state index contributed by atoms with van der Waals surface area (Å²) >= 11 is 6.90. The van der Waals surface area contributed by atoms with Crippen LogP contribution in [0.25, 0.3) is 0 Å². The first-order valence-electron chi connectivity index (χ1n) is 6.61. The fraction of sp³-hybridized carbons (Fsp3) is 0.533. The number of morpholine rings is 1. The number of hydrogen-bond acceptors (Lipinski definition) is 2. The molecule has 0 aliphatic carbocycles. The molecule has 1 aliphatic rings. The maximum absolute atomic E-state index is 12.7. The van der Waals surface area contributed by atoms with Gasteiger partial charge < -0.3 is 9.64 Å². The van der Waals surface area contributed by atoms with Crippen molar-refractivity contribution in [3.05, 3.63) is 33.8 Å². The van der Waals surface area contributed by atoms with Gasteiger partial charge >= 0.3 is 0 Å². The van der Waals surface area contributed by atoms with Crippen LogP contribution in [0.5, 0.6) is 0 Å². The number of halogens is 2. The molecule has 3 nitrogen and oxygen atoms in total. The summed E-state index contributed by atoms with van der Waals surface area (Å²) in [5, 5.41) is 0.734. The molecule has 20 heavy (non-hydrogen) atoms. The summed E-state index contributed by atoms with van der Waals surface area (Å²) in [5.74, 6) is 0.0664. The van der Waals surface area contributed by atoms with Gasteiger partial charge in [0, 0.05) is 28.5 Å². The Hall–Kier alpha value is -0.390. The van der Waals surface area contributed by atoms with Crippen molar-refractivity contribution in [2.45, 2.75) is 32.5 Å². The number of ether oxygens (including phenoxy) is 1. The molecule has 1 amide bonds. The number of nitrogens with zero attached hydrogens (tertiary/aromatic N) is 1. The van der Waals surface area contributed by atoms with Crippen LogP contribution in [0.3, 0.4) is 0 Å². The van der Waals surface area contributed by atoms with E-state index in [-0.39, 0.29) is 17.6 Å². The molecule has 0 bridgehead atoms. The van der Waals surface area contributed by atoms with E-state index in [1.165, 1.54) is 0 Å². The number of amides is 1. The lowest BCUT2D eigenvalue weighted by atomic mass is 10.0. The lowest BCUT2D eigenvalue weighted by Crippen LogP contribution is -2.55. The van der Waals surface area contributed by atoms with Crippen LogP contribution in [-0.4, -0.2) is 40.9 Å². The molecule has 0 saturated carbocycles. The van der Waals surface area contributed by atoms with E-state index in [1.807, 2.05) is 43.9 Å². The number of aryl methyl sites for hydroxylation is 1. The van der Waals surface area contributed by atoms with E-state index in [0.29, 0.717) is 13.1 Å². The Morgan fingerprint density at radius 3 is 2.75 bits per heavy atom. The number of benzene rings is 1. The molecule has 1 fully saturated rings. The van der Waals surface area contributed by atoms with Gasteiger partial charge in [-0.2, -0.15) is 0 Å². The molecule has 1 saturated heterocycles. The SMILES string of the molecule is Cc1cc(Br)cc(C(=O)N2CC(CBr)OC(C)(C)C2)c1. The van der Waals surface area contributed by atoms with E-state index in [4.69, 9.17) is 4.74 Å². The third-order valence-corrected chi connectivity index (χ3v) is 4.41. The van der Waals surface area contributed by atoms with Crippen LogP contribution in [-0.2, 0) is 4.74 Å². The van der Waals surface area contributed by atoms with Crippen molar-refractivity contribution >= 4 is 37.8 Å². The number of rotatable bonds is 2. The second-order valence-electron chi connectivity index (χ2n) is 5.86. The average molecular weight is 405 g/mol. The molecule has 0 spiro atoms. The van der Waals surface area contributed by atoms with Crippen molar-refractivity contribution in [2.24, 2.45) is 0 Å². The second-order valence-corrected chi connectivity index (χ2v) is 7.42. The van der Waals surface area contributed by atoms with Gasteiger partial charge in [0.15, 0.2) is 0 Å². The van der Waals surface area contributed by atoms with Gasteiger partial charge in [-0.3, -0.25) is 4.79 Å². The standard InChI is InChI=1S/C15H19Br2NO2/c1-10-4-11(6-12(17)5-10)14(19)18-8-13(7-16)20-15(2,3)9-18/h4-6,13H,7-9H2,1-3H3. The van der Waals surface area contributed by atoms with Crippen LogP contribution >= 0.6 is 31.9 Å². The minimum atomic E-state index is -0.312. The minimum absolute atomic E-state index is 0.0379. The van der Waals surface area contributed by atoms with Crippen molar-refractivity contribution < 1.29 is 9.53 Å². The Morgan fingerprint density at radius 1 is 1.45 bits per heavy atom. The molecule has 1 aliphatic heterocycles. The lowest BCUT2D eigenvalue weighted by molar-refractivity contribution is -0.116. The molecule has 0 aromatic heterocycles. The highest BCUT2D eigenvalue weighted by molar-refractivity contribution is 9.10. The minimum Gasteiger partial charge on any atom is -0.368 e. The maximum Gasteiger partial charge on any atom is 0.254 e. The van der Waals surface area contributed by atoms with Gasteiger partial charge in [0.25, 0.3) is 5.91 Å². The molecular formula is C15H19Br2NO2. The Labute approximate surface area is 136 Å². The third-order valence-electron chi connectivity index (χ3n) is 3.23. The van der Waals surface area contributed by atoms with Gasteiger partial charge in [-0.05, 0) is 44.5 Å². The van der Waals surface area contributed by atoms with Crippen LogP contribution in [0.15, 0.2) is 22.7 Å². The fourth-order valence-corrected chi connectivity index (χ4v) is 3.52. The van der Waals surface area contributed by atoms with Crippen molar-refractivity contribution in [3.63, 3.8) is 0 Å². The number of alkyl halides is 1. The van der Waals surface area contributed by atoms with Crippen LogP contribution in [0.1, 0.15) is 29.8 Å². The highest BCUT2D eigenvalue weighted by Gasteiger charge is 2.35. The van der Waals surface area contributed by atoms with Crippen LogP contribution in [0.4, 0.5) is 0 Å². The molecule has 0 radical (unpaired) electrons. The molecule has 1 atom stereocenters. The third kappa shape index (κ3) is 3.83. The first-order chi connectivity index (χ1) is 9.30. The zero-order chi connectivity index (χ0) is 14.9. The Bertz CT molecular complexity index is 496. The molecule has 1 unspecified atom stereocenters. The number of hydrogen-bond donors (Lipinski definition) is 0. The predicted octanol–water partition coefficient (Wildman–Crippen LogP) is 3.77. The first-order valence-corrected chi connectivity index (χ1v) is 8.52. The van der Waals surface area contributed by atoms with Crippen molar-refractivity contribution in [1.82, 2.24) is 4.90 Å². The van der Waals surface area contributed by atoms with Gasteiger partial charge in [-0.15, -0.1) is 0 Å². The van der Waals surface area contributed by atoms with Gasteiger partial charge in [0.05, 0.1) is 11.7 Å². The highest BCUT2D eigenvalue weighted by atomic mass is 79.9. The van der Waals surface area contributed by atoms with E-state index in [0.717, 1.165) is 20.9 Å². The van der Waals surface area contributed by atoms with E-state index >= 15 is 0 Å². The number of carbonyl (C=O) groups excluding carboxylic acids is 1. The van der Waals surface area contributed by atoms with Gasteiger partial charge in [0.2, 0.25) is 0 Å². The van der Waals surface area contributed by atoms with E-state index in [2.05, 4.69) is 31.9 Å².